The number of carbonyl (C=O) groups excluding carboxylic acids is 2. The monoisotopic (exact) mass is 371 g/mol. The number of fused-ring (bicyclic) bond motifs is 2. The van der Waals surface area contributed by atoms with Crippen LogP contribution in [0.15, 0.2) is 29.1 Å². The van der Waals surface area contributed by atoms with Crippen molar-refractivity contribution in [1.29, 1.82) is 0 Å². The molecule has 1 aliphatic carbocycles. The molecule has 4 N–H and O–H groups in total. The molecule has 1 saturated carbocycles. The molecule has 2 heterocycles. The minimum absolute atomic E-state index is 0.0347. The van der Waals surface area contributed by atoms with E-state index in [1.165, 1.54) is 0 Å². The number of carbonyl (C=O) groups is 2. The highest BCUT2D eigenvalue weighted by atomic mass is 16.5. The quantitative estimate of drug-likeness (QED) is 0.582. The molecule has 0 bridgehead atoms. The second kappa shape index (κ2) is 7.36. The number of amides is 3. The van der Waals surface area contributed by atoms with Gasteiger partial charge in [-0.1, -0.05) is 18.2 Å². The van der Waals surface area contributed by atoms with E-state index in [1.807, 2.05) is 0 Å². The Morgan fingerprint density at radius 1 is 1.11 bits per heavy atom. The number of nitrogens with one attached hydrogen (secondary N) is 4. The highest BCUT2D eigenvalue weighted by Gasteiger charge is 2.38. The van der Waals surface area contributed by atoms with Crippen LogP contribution in [0, 0.1) is 5.92 Å². The molecule has 3 unspecified atom stereocenters. The Kier molecular flexibility index (Phi) is 4.76. The van der Waals surface area contributed by atoms with Gasteiger partial charge in [-0.2, -0.15) is 5.10 Å². The zero-order valence-corrected chi connectivity index (χ0v) is 14.7. The van der Waals surface area contributed by atoms with E-state index >= 15 is 0 Å². The Labute approximate surface area is 154 Å². The summed E-state index contributed by atoms with van der Waals surface area (Å²) in [5.41, 5.74) is 4.37. The molecule has 2 aromatic rings. The molecule has 1 aromatic heterocycles. The lowest BCUT2D eigenvalue weighted by Gasteiger charge is -2.33. The van der Waals surface area contributed by atoms with E-state index in [-0.39, 0.29) is 23.4 Å². The number of benzene rings is 1. The highest BCUT2D eigenvalue weighted by Crippen LogP contribution is 2.34. The molecule has 27 heavy (non-hydrogen) atoms. The fraction of sp³-hybridized carbons (Fsp3) is 0.444. The van der Waals surface area contributed by atoms with Crippen molar-refractivity contribution < 1.29 is 14.3 Å². The number of aromatic amines is 1. The Bertz CT molecular complexity index is 927. The summed E-state index contributed by atoms with van der Waals surface area (Å²) < 4.78 is 5.70. The number of aromatic nitrogens is 2. The number of hydrazine groups is 1. The first-order valence-electron chi connectivity index (χ1n) is 9.09. The number of H-pyrrole nitrogens is 1. The van der Waals surface area contributed by atoms with Crippen LogP contribution >= 0.6 is 0 Å². The van der Waals surface area contributed by atoms with Crippen molar-refractivity contribution in [3.8, 4) is 0 Å². The number of rotatable bonds is 2. The Hall–Kier alpha value is -2.94. The lowest BCUT2D eigenvalue weighted by Crippen LogP contribution is -2.53. The van der Waals surface area contributed by atoms with Gasteiger partial charge in [-0.15, -0.1) is 0 Å². The molecule has 2 aliphatic rings. The average Bonchev–Trinajstić information content (AvgIpc) is 3.17. The fourth-order valence-corrected chi connectivity index (χ4v) is 4.02. The number of urea groups is 1. The van der Waals surface area contributed by atoms with Crippen LogP contribution in [-0.4, -0.2) is 40.9 Å². The van der Waals surface area contributed by atoms with Crippen LogP contribution in [0.25, 0.3) is 10.8 Å². The van der Waals surface area contributed by atoms with Gasteiger partial charge in [0.2, 0.25) is 0 Å². The van der Waals surface area contributed by atoms with Gasteiger partial charge in [-0.05, 0) is 31.7 Å². The molecule has 1 aliphatic heterocycles. The molecule has 0 radical (unpaired) electrons. The van der Waals surface area contributed by atoms with Gasteiger partial charge in [0, 0.05) is 24.0 Å². The lowest BCUT2D eigenvalue weighted by molar-refractivity contribution is 0.0547. The first kappa shape index (κ1) is 17.5. The molecule has 142 valence electrons. The standard InChI is InChI=1S/C18H21N5O4/c24-16-11-5-2-1-4-10(11)15(20-21-16)17(25)22-23-18(26)19-13-6-3-7-14-12(13)8-9-27-14/h1-2,4-5,12-14H,3,6-9H2,(H,21,24)(H,22,25)(H2,19,23,26). The minimum atomic E-state index is -0.608. The molecule has 3 amide bonds. The van der Waals surface area contributed by atoms with Crippen LogP contribution in [0.3, 0.4) is 0 Å². The second-order valence-corrected chi connectivity index (χ2v) is 6.90. The molecular weight excluding hydrogens is 350 g/mol. The lowest BCUT2D eigenvalue weighted by atomic mass is 9.82. The summed E-state index contributed by atoms with van der Waals surface area (Å²) in [6.45, 7) is 0.733. The average molecular weight is 371 g/mol. The van der Waals surface area contributed by atoms with Crippen molar-refractivity contribution in [2.75, 3.05) is 6.61 Å². The molecule has 9 heteroatoms. The fourth-order valence-electron chi connectivity index (χ4n) is 4.02. The van der Waals surface area contributed by atoms with Crippen molar-refractivity contribution in [3.63, 3.8) is 0 Å². The maximum atomic E-state index is 12.4. The van der Waals surface area contributed by atoms with Crippen molar-refractivity contribution in [1.82, 2.24) is 26.4 Å². The number of hydrogen-bond donors (Lipinski definition) is 4. The third-order valence-corrected chi connectivity index (χ3v) is 5.30. The van der Waals surface area contributed by atoms with Crippen LogP contribution in [-0.2, 0) is 4.74 Å². The summed E-state index contributed by atoms with van der Waals surface area (Å²) in [5.74, 6) is -0.284. The van der Waals surface area contributed by atoms with Crippen LogP contribution in [0.4, 0.5) is 4.79 Å². The molecule has 0 spiro atoms. The molecule has 9 nitrogen and oxygen atoms in total. The summed E-state index contributed by atoms with van der Waals surface area (Å²) >= 11 is 0. The summed E-state index contributed by atoms with van der Waals surface area (Å²) in [7, 11) is 0. The smallest absolute Gasteiger partial charge is 0.333 e. The van der Waals surface area contributed by atoms with Gasteiger partial charge < -0.3 is 10.1 Å². The van der Waals surface area contributed by atoms with Crippen LogP contribution in [0.2, 0.25) is 0 Å². The van der Waals surface area contributed by atoms with Crippen LogP contribution < -0.4 is 21.7 Å². The van der Waals surface area contributed by atoms with E-state index in [9.17, 15) is 14.4 Å². The highest BCUT2D eigenvalue weighted by molar-refractivity contribution is 6.05. The largest absolute Gasteiger partial charge is 0.378 e. The predicted octanol–water partition coefficient (Wildman–Crippen LogP) is 0.825. The summed E-state index contributed by atoms with van der Waals surface area (Å²) in [5, 5.41) is 9.79. The third-order valence-electron chi connectivity index (χ3n) is 5.30. The Morgan fingerprint density at radius 2 is 1.93 bits per heavy atom. The maximum Gasteiger partial charge on any atom is 0.333 e. The number of hydrogen-bond acceptors (Lipinski definition) is 5. The second-order valence-electron chi connectivity index (χ2n) is 6.90. The van der Waals surface area contributed by atoms with Crippen molar-refractivity contribution in [2.45, 2.75) is 37.8 Å². The van der Waals surface area contributed by atoms with E-state index < -0.39 is 11.9 Å². The molecular formula is C18H21N5O4. The Morgan fingerprint density at radius 3 is 2.78 bits per heavy atom. The van der Waals surface area contributed by atoms with Gasteiger partial charge in [0.25, 0.3) is 11.5 Å². The van der Waals surface area contributed by atoms with E-state index in [0.29, 0.717) is 16.7 Å². The van der Waals surface area contributed by atoms with Gasteiger partial charge in [-0.25, -0.2) is 15.3 Å². The minimum Gasteiger partial charge on any atom is -0.378 e. The van der Waals surface area contributed by atoms with E-state index in [4.69, 9.17) is 4.74 Å². The summed E-state index contributed by atoms with van der Waals surface area (Å²) in [4.78, 5) is 36.4. The van der Waals surface area contributed by atoms with E-state index in [2.05, 4.69) is 26.4 Å². The van der Waals surface area contributed by atoms with Gasteiger partial charge in [-0.3, -0.25) is 15.0 Å². The zero-order chi connectivity index (χ0) is 18.8. The Balaban J connectivity index is 1.39. The SMILES string of the molecule is O=C(NNC(=O)c1n[nH]c(=O)c2ccccc12)NC1CCCC2OCCC12. The maximum absolute atomic E-state index is 12.4. The van der Waals surface area contributed by atoms with Crippen molar-refractivity contribution in [3.05, 3.63) is 40.3 Å². The van der Waals surface area contributed by atoms with Crippen molar-refractivity contribution >= 4 is 22.7 Å². The first-order valence-corrected chi connectivity index (χ1v) is 9.09. The molecule has 3 atom stereocenters. The van der Waals surface area contributed by atoms with Crippen LogP contribution in [0.5, 0.6) is 0 Å². The van der Waals surface area contributed by atoms with Gasteiger partial charge in [0.1, 0.15) is 0 Å². The van der Waals surface area contributed by atoms with Gasteiger partial charge >= 0.3 is 6.03 Å². The van der Waals surface area contributed by atoms with E-state index in [0.717, 1.165) is 32.3 Å². The molecule has 2 fully saturated rings. The summed E-state index contributed by atoms with van der Waals surface area (Å²) in [6.07, 6.45) is 4.10. The van der Waals surface area contributed by atoms with Crippen LogP contribution in [0.1, 0.15) is 36.2 Å². The summed E-state index contributed by atoms with van der Waals surface area (Å²) in [6, 6.07) is 6.22. The number of nitrogens with zero attached hydrogens (tertiary/aromatic N) is 1. The van der Waals surface area contributed by atoms with Crippen molar-refractivity contribution in [2.24, 2.45) is 5.92 Å². The molecule has 4 rings (SSSR count). The number of ether oxygens (including phenoxy) is 1. The molecule has 1 aromatic carbocycles. The van der Waals surface area contributed by atoms with E-state index in [1.54, 1.807) is 24.3 Å². The zero-order valence-electron chi connectivity index (χ0n) is 14.7. The predicted molar refractivity (Wildman–Crippen MR) is 97.0 cm³/mol. The van der Waals surface area contributed by atoms with Gasteiger partial charge in [0.05, 0.1) is 11.5 Å². The third kappa shape index (κ3) is 3.50. The van der Waals surface area contributed by atoms with Gasteiger partial charge in [0.15, 0.2) is 5.69 Å². The normalized spacial score (nSPS) is 24.2. The topological polar surface area (TPSA) is 125 Å². The first-order chi connectivity index (χ1) is 13.1. The molecule has 1 saturated heterocycles.